The van der Waals surface area contributed by atoms with Crippen molar-refractivity contribution in [2.75, 3.05) is 23.9 Å². The lowest BCUT2D eigenvalue weighted by Gasteiger charge is -2.18. The summed E-state index contributed by atoms with van der Waals surface area (Å²) in [5.41, 5.74) is 0.846. The lowest BCUT2D eigenvalue weighted by Crippen LogP contribution is -2.43. The number of aryl methyl sites for hydroxylation is 1. The van der Waals surface area contributed by atoms with Crippen molar-refractivity contribution in [3.05, 3.63) is 63.4 Å². The molecule has 0 heterocycles. The van der Waals surface area contributed by atoms with E-state index in [1.54, 1.807) is 6.92 Å². The average Bonchev–Trinajstić information content (AvgIpc) is 2.71. The first kappa shape index (κ1) is 25.0. The molecule has 0 bridgehead atoms. The number of thioether (sulfide) groups is 1. The van der Waals surface area contributed by atoms with Crippen molar-refractivity contribution in [2.45, 2.75) is 19.4 Å². The van der Waals surface area contributed by atoms with E-state index in [1.807, 2.05) is 6.26 Å². The van der Waals surface area contributed by atoms with Gasteiger partial charge < -0.3 is 15.4 Å². The molecule has 0 spiro atoms. The number of hydrogen-bond donors (Lipinski definition) is 2. The van der Waals surface area contributed by atoms with Gasteiger partial charge in [0.05, 0.1) is 10.6 Å². The van der Waals surface area contributed by atoms with E-state index in [2.05, 4.69) is 10.6 Å². The summed E-state index contributed by atoms with van der Waals surface area (Å²) in [6.07, 6.45) is 2.15. The van der Waals surface area contributed by atoms with Crippen molar-refractivity contribution in [2.24, 2.45) is 0 Å². The van der Waals surface area contributed by atoms with E-state index >= 15 is 0 Å². The zero-order valence-corrected chi connectivity index (χ0v) is 19.2. The summed E-state index contributed by atoms with van der Waals surface area (Å²) in [7, 11) is 0. The Hall–Kier alpha value is -2.29. The number of carbonyl (C=O) groups is 3. The van der Waals surface area contributed by atoms with Crippen LogP contribution in [-0.4, -0.2) is 42.4 Å². The molecule has 6 nitrogen and oxygen atoms in total. The molecule has 10 heteroatoms. The first-order valence-corrected chi connectivity index (χ1v) is 11.3. The maximum Gasteiger partial charge on any atom is 0.329 e. The Morgan fingerprint density at radius 1 is 1.16 bits per heavy atom. The van der Waals surface area contributed by atoms with E-state index in [1.165, 1.54) is 48.2 Å². The molecule has 0 radical (unpaired) electrons. The minimum absolute atomic E-state index is 0.145. The fourth-order valence-corrected chi connectivity index (χ4v) is 3.46. The van der Waals surface area contributed by atoms with Crippen LogP contribution in [0.4, 0.5) is 10.1 Å². The Labute approximate surface area is 193 Å². The largest absolute Gasteiger partial charge is 0.454 e. The van der Waals surface area contributed by atoms with Crippen LogP contribution < -0.4 is 10.6 Å². The van der Waals surface area contributed by atoms with Crippen LogP contribution in [0.25, 0.3) is 0 Å². The normalized spacial score (nSPS) is 11.5. The zero-order valence-electron chi connectivity index (χ0n) is 16.8. The molecule has 2 rings (SSSR count). The van der Waals surface area contributed by atoms with Crippen LogP contribution in [0.3, 0.4) is 0 Å². The molecule has 1 unspecified atom stereocenters. The standard InChI is InChI=1S/C21H21Cl2FN2O4S/c1-12-3-5-14(10-17(12)24)25-19(27)11-30-21(29)18(7-8-31-2)26-20(28)15-6-4-13(22)9-16(15)23/h3-6,9-10,18H,7-8,11H2,1-2H3,(H,25,27)(H,26,28). The lowest BCUT2D eigenvalue weighted by atomic mass is 10.1. The molecular formula is C21H21Cl2FN2O4S. The van der Waals surface area contributed by atoms with Crippen LogP contribution in [0, 0.1) is 12.7 Å². The smallest absolute Gasteiger partial charge is 0.329 e. The van der Waals surface area contributed by atoms with E-state index in [-0.39, 0.29) is 16.3 Å². The molecule has 0 aliphatic rings. The Morgan fingerprint density at radius 2 is 1.90 bits per heavy atom. The molecule has 0 aromatic heterocycles. The van der Waals surface area contributed by atoms with Gasteiger partial charge >= 0.3 is 5.97 Å². The first-order chi connectivity index (χ1) is 14.7. The third-order valence-electron chi connectivity index (χ3n) is 4.18. The third kappa shape index (κ3) is 7.72. The van der Waals surface area contributed by atoms with Gasteiger partial charge in [0, 0.05) is 10.7 Å². The number of carbonyl (C=O) groups excluding carboxylic acids is 3. The van der Waals surface area contributed by atoms with Gasteiger partial charge in [-0.3, -0.25) is 9.59 Å². The molecule has 0 saturated carbocycles. The Morgan fingerprint density at radius 3 is 2.55 bits per heavy atom. The number of nitrogens with one attached hydrogen (secondary N) is 2. The molecular weight excluding hydrogens is 466 g/mol. The number of benzene rings is 2. The van der Waals surface area contributed by atoms with Crippen molar-refractivity contribution >= 4 is 58.4 Å². The maximum atomic E-state index is 13.6. The molecule has 2 aromatic rings. The van der Waals surface area contributed by atoms with Crippen LogP contribution >= 0.6 is 35.0 Å². The zero-order chi connectivity index (χ0) is 23.0. The van der Waals surface area contributed by atoms with Crippen LogP contribution in [0.5, 0.6) is 0 Å². The number of hydrogen-bond acceptors (Lipinski definition) is 5. The highest BCUT2D eigenvalue weighted by atomic mass is 35.5. The van der Waals surface area contributed by atoms with E-state index in [0.717, 1.165) is 0 Å². The van der Waals surface area contributed by atoms with Gasteiger partial charge in [0.1, 0.15) is 11.9 Å². The summed E-state index contributed by atoms with van der Waals surface area (Å²) >= 11 is 13.4. The Bertz CT molecular complexity index is 974. The number of halogens is 3. The number of amides is 2. The van der Waals surface area contributed by atoms with Gasteiger partial charge in [0.15, 0.2) is 6.61 Å². The highest BCUT2D eigenvalue weighted by Crippen LogP contribution is 2.21. The quantitative estimate of drug-likeness (QED) is 0.510. The molecule has 1 atom stereocenters. The van der Waals surface area contributed by atoms with E-state index in [9.17, 15) is 18.8 Å². The second-order valence-corrected chi connectivity index (χ2v) is 8.38. The second-order valence-electron chi connectivity index (χ2n) is 6.55. The van der Waals surface area contributed by atoms with E-state index in [4.69, 9.17) is 27.9 Å². The number of anilines is 1. The molecule has 0 aliphatic heterocycles. The Kier molecular flexibility index (Phi) is 9.61. The molecule has 2 aromatic carbocycles. The summed E-state index contributed by atoms with van der Waals surface area (Å²) in [6.45, 7) is 1.02. The van der Waals surface area contributed by atoms with Crippen molar-refractivity contribution in [3.63, 3.8) is 0 Å². The predicted molar refractivity (Wildman–Crippen MR) is 121 cm³/mol. The topological polar surface area (TPSA) is 84.5 Å². The molecule has 0 fully saturated rings. The van der Waals surface area contributed by atoms with Crippen LogP contribution in [0.15, 0.2) is 36.4 Å². The maximum absolute atomic E-state index is 13.6. The minimum atomic E-state index is -0.976. The van der Waals surface area contributed by atoms with Gasteiger partial charge in [-0.05, 0) is 61.2 Å². The monoisotopic (exact) mass is 486 g/mol. The van der Waals surface area contributed by atoms with Crippen LogP contribution in [-0.2, 0) is 14.3 Å². The summed E-state index contributed by atoms with van der Waals surface area (Å²) in [5.74, 6) is -1.85. The van der Waals surface area contributed by atoms with Crippen molar-refractivity contribution < 1.29 is 23.5 Å². The minimum Gasteiger partial charge on any atom is -0.454 e. The molecule has 166 valence electrons. The van der Waals surface area contributed by atoms with Gasteiger partial charge in [0.2, 0.25) is 0 Å². The molecule has 2 amide bonds. The SMILES string of the molecule is CSCCC(NC(=O)c1ccc(Cl)cc1Cl)C(=O)OCC(=O)Nc1ccc(C)c(F)c1. The first-order valence-electron chi connectivity index (χ1n) is 9.18. The number of esters is 1. The summed E-state index contributed by atoms with van der Waals surface area (Å²) < 4.78 is 18.6. The van der Waals surface area contributed by atoms with Gasteiger partial charge in [-0.25, -0.2) is 9.18 Å². The summed E-state index contributed by atoms with van der Waals surface area (Å²) in [5, 5.41) is 5.55. The Balaban J connectivity index is 1.97. The third-order valence-corrected chi connectivity index (χ3v) is 5.37. The fourth-order valence-electron chi connectivity index (χ4n) is 2.50. The molecule has 31 heavy (non-hydrogen) atoms. The van der Waals surface area contributed by atoms with Crippen molar-refractivity contribution in [3.8, 4) is 0 Å². The van der Waals surface area contributed by atoms with Crippen molar-refractivity contribution in [1.82, 2.24) is 5.32 Å². The second kappa shape index (κ2) is 11.9. The number of ether oxygens (including phenoxy) is 1. The molecule has 0 saturated heterocycles. The van der Waals surface area contributed by atoms with Gasteiger partial charge in [0.25, 0.3) is 11.8 Å². The van der Waals surface area contributed by atoms with Crippen LogP contribution in [0.1, 0.15) is 22.3 Å². The van der Waals surface area contributed by atoms with Gasteiger partial charge in [-0.2, -0.15) is 11.8 Å². The predicted octanol–water partition coefficient (Wildman–Crippen LogP) is 4.47. The molecule has 2 N–H and O–H groups in total. The van der Waals surface area contributed by atoms with Gasteiger partial charge in [-0.1, -0.05) is 29.3 Å². The average molecular weight is 487 g/mol. The van der Waals surface area contributed by atoms with Crippen LogP contribution in [0.2, 0.25) is 10.0 Å². The van der Waals surface area contributed by atoms with E-state index in [0.29, 0.717) is 22.8 Å². The molecule has 0 aliphatic carbocycles. The highest BCUT2D eigenvalue weighted by Gasteiger charge is 2.24. The van der Waals surface area contributed by atoms with Gasteiger partial charge in [-0.15, -0.1) is 0 Å². The summed E-state index contributed by atoms with van der Waals surface area (Å²) in [4.78, 5) is 37.0. The number of rotatable bonds is 9. The highest BCUT2D eigenvalue weighted by molar-refractivity contribution is 7.98. The van der Waals surface area contributed by atoms with Crippen molar-refractivity contribution in [1.29, 1.82) is 0 Å². The summed E-state index contributed by atoms with van der Waals surface area (Å²) in [6, 6.07) is 7.64. The lowest BCUT2D eigenvalue weighted by molar-refractivity contribution is -0.149. The van der Waals surface area contributed by atoms with E-state index < -0.39 is 36.2 Å². The fraction of sp³-hybridized carbons (Fsp3) is 0.286.